The Morgan fingerprint density at radius 1 is 1.16 bits per heavy atom. The predicted octanol–water partition coefficient (Wildman–Crippen LogP) is 3.53. The van der Waals surface area contributed by atoms with Crippen LogP contribution in [0.4, 0.5) is 0 Å². The highest BCUT2D eigenvalue weighted by Crippen LogP contribution is 2.23. The maximum atomic E-state index is 12.8. The molecule has 1 atom stereocenters. The van der Waals surface area contributed by atoms with Crippen molar-refractivity contribution in [2.24, 2.45) is 0 Å². The van der Waals surface area contributed by atoms with E-state index in [1.807, 2.05) is 0 Å². The third kappa shape index (κ3) is 4.71. The first kappa shape index (κ1) is 21.9. The molecule has 0 amide bonds. The summed E-state index contributed by atoms with van der Waals surface area (Å²) in [6.07, 6.45) is -1.07. The van der Waals surface area contributed by atoms with E-state index in [1.54, 1.807) is 39.0 Å². The van der Waals surface area contributed by atoms with E-state index >= 15 is 0 Å². The quantitative estimate of drug-likeness (QED) is 0.429. The number of nitrogens with one attached hydrogen (secondary N) is 1. The predicted molar refractivity (Wildman–Crippen MR) is 109 cm³/mol. The summed E-state index contributed by atoms with van der Waals surface area (Å²) in [7, 11) is 0. The zero-order valence-corrected chi connectivity index (χ0v) is 17.9. The number of aromatic amines is 1. The van der Waals surface area contributed by atoms with Gasteiger partial charge in [0.2, 0.25) is 17.5 Å². The molecule has 0 aliphatic carbocycles. The van der Waals surface area contributed by atoms with Crippen molar-refractivity contribution in [1.29, 1.82) is 0 Å². The Morgan fingerprint density at radius 3 is 2.48 bits per heavy atom. The summed E-state index contributed by atoms with van der Waals surface area (Å²) >= 11 is 0. The lowest BCUT2D eigenvalue weighted by Crippen LogP contribution is -2.25. The SMILES string of the molecule is CC(=O)c1c(C)[nH]c(C(=O)[C@H](C)OC(=O)c2ccccc2OCc2noc(C)n2)c1C. The summed E-state index contributed by atoms with van der Waals surface area (Å²) in [4.78, 5) is 44.4. The molecule has 2 heterocycles. The Labute approximate surface area is 178 Å². The summed E-state index contributed by atoms with van der Waals surface area (Å²) in [5.41, 5.74) is 2.02. The first-order valence-corrected chi connectivity index (χ1v) is 9.65. The number of esters is 1. The summed E-state index contributed by atoms with van der Waals surface area (Å²) in [5, 5.41) is 3.74. The van der Waals surface area contributed by atoms with Gasteiger partial charge >= 0.3 is 5.97 Å². The second-order valence-electron chi connectivity index (χ2n) is 7.11. The van der Waals surface area contributed by atoms with Crippen molar-refractivity contribution in [2.75, 3.05) is 0 Å². The van der Waals surface area contributed by atoms with Gasteiger partial charge in [0, 0.05) is 18.2 Å². The zero-order valence-electron chi connectivity index (χ0n) is 17.9. The number of ketones is 2. The van der Waals surface area contributed by atoms with Gasteiger partial charge in [0.05, 0.1) is 5.69 Å². The molecular formula is C22H23N3O6. The number of rotatable bonds is 8. The van der Waals surface area contributed by atoms with Crippen LogP contribution in [0.2, 0.25) is 0 Å². The number of hydrogen-bond acceptors (Lipinski definition) is 8. The van der Waals surface area contributed by atoms with Gasteiger partial charge in [-0.1, -0.05) is 17.3 Å². The molecule has 0 fully saturated rings. The van der Waals surface area contributed by atoms with E-state index in [4.69, 9.17) is 14.0 Å². The van der Waals surface area contributed by atoms with Crippen molar-refractivity contribution in [1.82, 2.24) is 15.1 Å². The van der Waals surface area contributed by atoms with Crippen LogP contribution in [0.25, 0.3) is 0 Å². The molecule has 9 nitrogen and oxygen atoms in total. The summed E-state index contributed by atoms with van der Waals surface area (Å²) < 4.78 is 15.9. The molecule has 1 aromatic carbocycles. The van der Waals surface area contributed by atoms with Gasteiger partial charge in [-0.15, -0.1) is 0 Å². The Morgan fingerprint density at radius 2 is 1.87 bits per heavy atom. The maximum Gasteiger partial charge on any atom is 0.342 e. The highest BCUT2D eigenvalue weighted by atomic mass is 16.5. The smallest absolute Gasteiger partial charge is 0.342 e. The molecule has 162 valence electrons. The minimum Gasteiger partial charge on any atom is -0.485 e. The number of aryl methyl sites for hydroxylation is 2. The van der Waals surface area contributed by atoms with Gasteiger partial charge in [0.1, 0.15) is 11.3 Å². The van der Waals surface area contributed by atoms with Crippen molar-refractivity contribution < 1.29 is 28.4 Å². The standard InChI is InChI=1S/C22H23N3O6/c1-11-19(13(3)26)12(2)23-20(11)21(27)14(4)30-22(28)16-8-6-7-9-17(16)29-10-18-24-15(5)31-25-18/h6-9,14,23H,10H2,1-5H3/t14-/m0/s1. The van der Waals surface area contributed by atoms with E-state index < -0.39 is 17.9 Å². The Balaban J connectivity index is 1.73. The Hall–Kier alpha value is -3.75. The Kier molecular flexibility index (Phi) is 6.33. The molecule has 3 rings (SSSR count). The average molecular weight is 425 g/mol. The zero-order chi connectivity index (χ0) is 22.7. The molecule has 0 bridgehead atoms. The molecule has 0 aliphatic rings. The number of hydrogen-bond donors (Lipinski definition) is 1. The Bertz CT molecular complexity index is 1140. The molecule has 0 saturated carbocycles. The van der Waals surface area contributed by atoms with E-state index in [1.165, 1.54) is 19.9 Å². The number of aromatic nitrogens is 3. The molecule has 1 N–H and O–H groups in total. The molecular weight excluding hydrogens is 402 g/mol. The van der Waals surface area contributed by atoms with E-state index in [9.17, 15) is 14.4 Å². The fourth-order valence-corrected chi connectivity index (χ4v) is 3.31. The number of carbonyl (C=O) groups is 3. The van der Waals surface area contributed by atoms with E-state index in [2.05, 4.69) is 15.1 Å². The van der Waals surface area contributed by atoms with Gasteiger partial charge in [-0.05, 0) is 45.4 Å². The number of para-hydroxylation sites is 1. The number of carbonyl (C=O) groups excluding carboxylic acids is 3. The minimum atomic E-state index is -1.07. The lowest BCUT2D eigenvalue weighted by atomic mass is 10.0. The van der Waals surface area contributed by atoms with Crippen LogP contribution < -0.4 is 4.74 Å². The summed E-state index contributed by atoms with van der Waals surface area (Å²) in [5.74, 6) is -0.279. The van der Waals surface area contributed by atoms with Crippen LogP contribution >= 0.6 is 0 Å². The first-order valence-electron chi connectivity index (χ1n) is 9.65. The van der Waals surface area contributed by atoms with Gasteiger partial charge in [0.25, 0.3) is 0 Å². The number of ether oxygens (including phenoxy) is 2. The molecule has 0 unspecified atom stereocenters. The van der Waals surface area contributed by atoms with E-state index in [0.29, 0.717) is 28.5 Å². The van der Waals surface area contributed by atoms with E-state index in [-0.39, 0.29) is 29.4 Å². The van der Waals surface area contributed by atoms with Gasteiger partial charge in [-0.2, -0.15) is 4.98 Å². The van der Waals surface area contributed by atoms with Crippen LogP contribution in [0, 0.1) is 20.8 Å². The summed E-state index contributed by atoms with van der Waals surface area (Å²) in [6.45, 7) is 7.99. The molecule has 31 heavy (non-hydrogen) atoms. The van der Waals surface area contributed by atoms with Crippen LogP contribution in [-0.4, -0.2) is 38.8 Å². The van der Waals surface area contributed by atoms with Crippen molar-refractivity contribution in [3.8, 4) is 5.75 Å². The lowest BCUT2D eigenvalue weighted by Gasteiger charge is -2.14. The molecule has 9 heteroatoms. The molecule has 0 aliphatic heterocycles. The average Bonchev–Trinajstić information content (AvgIpc) is 3.27. The van der Waals surface area contributed by atoms with Crippen molar-refractivity contribution in [2.45, 2.75) is 47.3 Å². The highest BCUT2D eigenvalue weighted by molar-refractivity contribution is 6.05. The number of Topliss-reactive ketones (excluding diaryl/α,β-unsaturated/α-hetero) is 2. The largest absolute Gasteiger partial charge is 0.485 e. The number of H-pyrrole nitrogens is 1. The first-order chi connectivity index (χ1) is 14.7. The topological polar surface area (TPSA) is 124 Å². The van der Waals surface area contributed by atoms with Crippen LogP contribution in [0.1, 0.15) is 68.0 Å². The van der Waals surface area contributed by atoms with Crippen LogP contribution in [0.5, 0.6) is 5.75 Å². The maximum absolute atomic E-state index is 12.8. The molecule has 2 aromatic heterocycles. The number of nitrogens with zero attached hydrogens (tertiary/aromatic N) is 2. The van der Waals surface area contributed by atoms with Gasteiger partial charge < -0.3 is 19.0 Å². The molecule has 0 radical (unpaired) electrons. The normalized spacial score (nSPS) is 11.8. The summed E-state index contributed by atoms with van der Waals surface area (Å²) in [6, 6.07) is 6.50. The fourth-order valence-electron chi connectivity index (χ4n) is 3.31. The second-order valence-corrected chi connectivity index (χ2v) is 7.11. The highest BCUT2D eigenvalue weighted by Gasteiger charge is 2.27. The van der Waals surface area contributed by atoms with Gasteiger partial charge in [0.15, 0.2) is 18.5 Å². The lowest BCUT2D eigenvalue weighted by molar-refractivity contribution is 0.0312. The van der Waals surface area contributed by atoms with Crippen molar-refractivity contribution in [3.63, 3.8) is 0 Å². The number of benzene rings is 1. The van der Waals surface area contributed by atoms with E-state index in [0.717, 1.165) is 0 Å². The fraction of sp³-hybridized carbons (Fsp3) is 0.318. The van der Waals surface area contributed by atoms with Crippen molar-refractivity contribution >= 4 is 17.5 Å². The molecule has 0 spiro atoms. The molecule has 0 saturated heterocycles. The van der Waals surface area contributed by atoms with Crippen molar-refractivity contribution in [3.05, 3.63) is 64.1 Å². The van der Waals surface area contributed by atoms with Gasteiger partial charge in [-0.3, -0.25) is 9.59 Å². The molecule has 3 aromatic rings. The monoisotopic (exact) mass is 425 g/mol. The minimum absolute atomic E-state index is 0.00485. The van der Waals surface area contributed by atoms with Crippen LogP contribution in [0.3, 0.4) is 0 Å². The second kappa shape index (κ2) is 8.95. The third-order valence-corrected chi connectivity index (χ3v) is 4.72. The van der Waals surface area contributed by atoms with Crippen LogP contribution in [0.15, 0.2) is 28.8 Å². The van der Waals surface area contributed by atoms with Crippen LogP contribution in [-0.2, 0) is 11.3 Å². The third-order valence-electron chi connectivity index (χ3n) is 4.72. The van der Waals surface area contributed by atoms with Gasteiger partial charge in [-0.25, -0.2) is 4.79 Å².